The van der Waals surface area contributed by atoms with Crippen LogP contribution in [0.3, 0.4) is 0 Å². The second-order valence-electron chi connectivity index (χ2n) is 4.68. The van der Waals surface area contributed by atoms with E-state index in [-0.39, 0.29) is 0 Å². The van der Waals surface area contributed by atoms with E-state index in [1.165, 1.54) is 20.8 Å². The molecule has 17 heavy (non-hydrogen) atoms. The highest BCUT2D eigenvalue weighted by atomic mass is 19.4. The molecular formula is C9H14F6O2. The maximum absolute atomic E-state index is 12.0. The molecule has 0 rings (SSSR count). The molecule has 1 N–H and O–H groups in total. The summed E-state index contributed by atoms with van der Waals surface area (Å²) in [7, 11) is 0. The monoisotopic (exact) mass is 268 g/mol. The Morgan fingerprint density at radius 2 is 1.29 bits per heavy atom. The summed E-state index contributed by atoms with van der Waals surface area (Å²) >= 11 is 0. The van der Waals surface area contributed by atoms with Gasteiger partial charge in [-0.05, 0) is 5.41 Å². The maximum Gasteiger partial charge on any atom is 0.423 e. The van der Waals surface area contributed by atoms with Crippen LogP contribution in [-0.4, -0.2) is 36.3 Å². The second kappa shape index (κ2) is 5.01. The first kappa shape index (κ1) is 16.5. The van der Waals surface area contributed by atoms with E-state index in [1.807, 2.05) is 0 Å². The molecule has 0 aliphatic carbocycles. The lowest BCUT2D eigenvalue weighted by Gasteiger charge is -2.29. The molecule has 0 spiro atoms. The second-order valence-corrected chi connectivity index (χ2v) is 4.68. The fourth-order valence-corrected chi connectivity index (χ4v) is 0.812. The SMILES string of the molecule is CC(C)(C)C(O)COC(C(F)(F)F)C(F)(F)F. The molecule has 0 aromatic heterocycles. The van der Waals surface area contributed by atoms with E-state index in [9.17, 15) is 31.4 Å². The van der Waals surface area contributed by atoms with Crippen LogP contribution in [0.2, 0.25) is 0 Å². The van der Waals surface area contributed by atoms with Crippen LogP contribution in [0, 0.1) is 5.41 Å². The van der Waals surface area contributed by atoms with Gasteiger partial charge < -0.3 is 9.84 Å². The van der Waals surface area contributed by atoms with E-state index >= 15 is 0 Å². The molecule has 0 amide bonds. The quantitative estimate of drug-likeness (QED) is 0.797. The molecule has 0 aromatic carbocycles. The molecule has 0 saturated carbocycles. The molecule has 0 saturated heterocycles. The smallest absolute Gasteiger partial charge is 0.390 e. The maximum atomic E-state index is 12.0. The number of halogens is 6. The van der Waals surface area contributed by atoms with Crippen LogP contribution in [0.15, 0.2) is 0 Å². The van der Waals surface area contributed by atoms with Crippen LogP contribution in [0.1, 0.15) is 20.8 Å². The van der Waals surface area contributed by atoms with Crippen molar-refractivity contribution < 1.29 is 36.2 Å². The van der Waals surface area contributed by atoms with Gasteiger partial charge in [0.15, 0.2) is 0 Å². The van der Waals surface area contributed by atoms with Gasteiger partial charge in [0.25, 0.3) is 0 Å². The Labute approximate surface area is 94.6 Å². The molecule has 8 heteroatoms. The van der Waals surface area contributed by atoms with Gasteiger partial charge in [-0.1, -0.05) is 20.8 Å². The van der Waals surface area contributed by atoms with Crippen LogP contribution in [0.25, 0.3) is 0 Å². The van der Waals surface area contributed by atoms with Crippen LogP contribution in [0.4, 0.5) is 26.3 Å². The Bertz CT molecular complexity index is 225. The van der Waals surface area contributed by atoms with Crippen molar-refractivity contribution in [2.45, 2.75) is 45.3 Å². The molecule has 1 atom stereocenters. The first-order valence-corrected chi connectivity index (χ1v) is 4.69. The molecule has 0 radical (unpaired) electrons. The molecule has 0 fully saturated rings. The van der Waals surface area contributed by atoms with Crippen LogP contribution in [0.5, 0.6) is 0 Å². The van der Waals surface area contributed by atoms with Gasteiger partial charge >= 0.3 is 12.4 Å². The predicted molar refractivity (Wildman–Crippen MR) is 47.3 cm³/mol. The van der Waals surface area contributed by atoms with E-state index in [0.717, 1.165) is 0 Å². The lowest BCUT2D eigenvalue weighted by molar-refractivity contribution is -0.326. The summed E-state index contributed by atoms with van der Waals surface area (Å²) in [6, 6.07) is 0. The van der Waals surface area contributed by atoms with E-state index < -0.39 is 36.6 Å². The third-order valence-corrected chi connectivity index (χ3v) is 2.02. The first-order valence-electron chi connectivity index (χ1n) is 4.69. The Morgan fingerprint density at radius 3 is 1.53 bits per heavy atom. The van der Waals surface area contributed by atoms with Gasteiger partial charge in [0.2, 0.25) is 6.10 Å². The Balaban J connectivity index is 4.61. The minimum atomic E-state index is -5.55. The van der Waals surface area contributed by atoms with Crippen molar-refractivity contribution in [3.05, 3.63) is 0 Å². The average Bonchev–Trinajstić information content (AvgIpc) is 1.96. The zero-order valence-electron chi connectivity index (χ0n) is 9.49. The van der Waals surface area contributed by atoms with Crippen LogP contribution < -0.4 is 0 Å². The normalized spacial score (nSPS) is 16.4. The van der Waals surface area contributed by atoms with Gasteiger partial charge in [0.05, 0.1) is 12.7 Å². The van der Waals surface area contributed by atoms with Crippen LogP contribution >= 0.6 is 0 Å². The minimum absolute atomic E-state index is 0.859. The van der Waals surface area contributed by atoms with E-state index in [0.29, 0.717) is 0 Å². The number of aliphatic hydroxyl groups excluding tert-OH is 1. The van der Waals surface area contributed by atoms with Crippen molar-refractivity contribution in [2.24, 2.45) is 5.41 Å². The predicted octanol–water partition coefficient (Wildman–Crippen LogP) is 2.90. The van der Waals surface area contributed by atoms with Crippen LogP contribution in [-0.2, 0) is 4.74 Å². The summed E-state index contributed by atoms with van der Waals surface area (Å²) in [6.45, 7) is 3.37. The zero-order valence-corrected chi connectivity index (χ0v) is 9.49. The third-order valence-electron chi connectivity index (χ3n) is 2.02. The summed E-state index contributed by atoms with van der Waals surface area (Å²) < 4.78 is 76.0. The molecule has 104 valence electrons. The third kappa shape index (κ3) is 5.58. The first-order chi connectivity index (χ1) is 7.26. The summed E-state index contributed by atoms with van der Waals surface area (Å²) in [4.78, 5) is 0. The van der Waals surface area contributed by atoms with Gasteiger partial charge in [-0.15, -0.1) is 0 Å². The van der Waals surface area contributed by atoms with Crippen molar-refractivity contribution in [2.75, 3.05) is 6.61 Å². The van der Waals surface area contributed by atoms with E-state index in [4.69, 9.17) is 0 Å². The molecule has 0 aliphatic rings. The Morgan fingerprint density at radius 1 is 0.941 bits per heavy atom. The largest absolute Gasteiger partial charge is 0.423 e. The number of alkyl halides is 6. The molecule has 0 heterocycles. The standard InChI is InChI=1S/C9H14F6O2/c1-7(2,3)5(16)4-17-6(8(10,11)12)9(13,14)15/h5-6,16H,4H2,1-3H3. The number of hydrogen-bond acceptors (Lipinski definition) is 2. The van der Waals surface area contributed by atoms with Gasteiger partial charge in [-0.25, -0.2) is 0 Å². The van der Waals surface area contributed by atoms with Gasteiger partial charge in [0, 0.05) is 0 Å². The highest BCUT2D eigenvalue weighted by Gasteiger charge is 2.58. The highest BCUT2D eigenvalue weighted by molar-refractivity contribution is 4.78. The molecule has 2 nitrogen and oxygen atoms in total. The van der Waals surface area contributed by atoms with Crippen molar-refractivity contribution in [1.82, 2.24) is 0 Å². The fraction of sp³-hybridized carbons (Fsp3) is 1.00. The summed E-state index contributed by atoms with van der Waals surface area (Å²) in [5.41, 5.74) is -0.859. The van der Waals surface area contributed by atoms with Gasteiger partial charge in [-0.3, -0.25) is 0 Å². The molecule has 0 aliphatic heterocycles. The number of aliphatic hydroxyl groups is 1. The van der Waals surface area contributed by atoms with Crippen molar-refractivity contribution in [1.29, 1.82) is 0 Å². The fourth-order valence-electron chi connectivity index (χ4n) is 0.812. The van der Waals surface area contributed by atoms with Gasteiger partial charge in [-0.2, -0.15) is 26.3 Å². The Kier molecular flexibility index (Phi) is 4.86. The number of rotatable bonds is 3. The molecular weight excluding hydrogens is 254 g/mol. The number of hydrogen-bond donors (Lipinski definition) is 1. The molecule has 0 aromatic rings. The van der Waals surface area contributed by atoms with Gasteiger partial charge in [0.1, 0.15) is 0 Å². The highest BCUT2D eigenvalue weighted by Crippen LogP contribution is 2.36. The summed E-state index contributed by atoms with van der Waals surface area (Å²) in [5, 5.41) is 9.31. The van der Waals surface area contributed by atoms with E-state index in [2.05, 4.69) is 4.74 Å². The van der Waals surface area contributed by atoms with Crippen molar-refractivity contribution in [3.8, 4) is 0 Å². The minimum Gasteiger partial charge on any atom is -0.390 e. The van der Waals surface area contributed by atoms with Crippen molar-refractivity contribution in [3.63, 3.8) is 0 Å². The van der Waals surface area contributed by atoms with Crippen molar-refractivity contribution >= 4 is 0 Å². The lowest BCUT2D eigenvalue weighted by atomic mass is 9.90. The topological polar surface area (TPSA) is 29.5 Å². The Hall–Kier alpha value is -0.500. The zero-order chi connectivity index (χ0) is 14.1. The summed E-state index contributed by atoms with van der Waals surface area (Å²) in [5.74, 6) is 0. The average molecular weight is 268 g/mol. The lowest BCUT2D eigenvalue weighted by Crippen LogP contribution is -2.46. The summed E-state index contributed by atoms with van der Waals surface area (Å²) in [6.07, 6.45) is -16.4. The molecule has 0 bridgehead atoms. The molecule has 1 unspecified atom stereocenters. The van der Waals surface area contributed by atoms with E-state index in [1.54, 1.807) is 0 Å². The number of ether oxygens (including phenoxy) is 1.